The number of amides is 2. The van der Waals surface area contributed by atoms with Crippen LogP contribution in [-0.4, -0.2) is 62.0 Å². The van der Waals surface area contributed by atoms with Crippen LogP contribution in [0.25, 0.3) is 0 Å². The minimum Gasteiger partial charge on any atom is -0.387 e. The second-order valence-corrected chi connectivity index (χ2v) is 6.79. The number of likely N-dealkylation sites (tertiary alicyclic amines) is 1. The van der Waals surface area contributed by atoms with Gasteiger partial charge in [0.2, 0.25) is 0 Å². The number of carbonyl (C=O) groups is 1. The van der Waals surface area contributed by atoms with Crippen molar-refractivity contribution in [3.63, 3.8) is 0 Å². The highest BCUT2D eigenvalue weighted by Gasteiger charge is 2.16. The monoisotopic (exact) mass is 349 g/mol. The maximum absolute atomic E-state index is 11.8. The third-order valence-corrected chi connectivity index (χ3v) is 4.54. The Morgan fingerprint density at radius 2 is 1.96 bits per heavy atom. The lowest BCUT2D eigenvalue weighted by Crippen LogP contribution is -2.38. The van der Waals surface area contributed by atoms with E-state index >= 15 is 0 Å². The molecule has 2 amide bonds. The summed E-state index contributed by atoms with van der Waals surface area (Å²) >= 11 is 0. The molecule has 25 heavy (non-hydrogen) atoms. The first kappa shape index (κ1) is 19.7. The molecule has 1 atom stereocenters. The molecule has 3 N–H and O–H groups in total. The van der Waals surface area contributed by atoms with Crippen LogP contribution in [0.5, 0.6) is 0 Å². The van der Waals surface area contributed by atoms with Crippen molar-refractivity contribution < 1.29 is 14.6 Å². The summed E-state index contributed by atoms with van der Waals surface area (Å²) in [6.45, 7) is 5.61. The minimum absolute atomic E-state index is 0.195. The van der Waals surface area contributed by atoms with E-state index < -0.39 is 6.10 Å². The molecular weight excluding hydrogens is 318 g/mol. The number of carbonyl (C=O) groups excluding carboxylic acids is 1. The molecule has 1 aliphatic heterocycles. The average molecular weight is 349 g/mol. The highest BCUT2D eigenvalue weighted by Crippen LogP contribution is 2.13. The topological polar surface area (TPSA) is 73.8 Å². The molecule has 0 bridgehead atoms. The Bertz CT molecular complexity index is 513. The van der Waals surface area contributed by atoms with Gasteiger partial charge in [-0.05, 0) is 38.8 Å². The normalized spacial score (nSPS) is 17.2. The van der Waals surface area contributed by atoms with Gasteiger partial charge in [-0.2, -0.15) is 0 Å². The third-order valence-electron chi connectivity index (χ3n) is 4.54. The molecule has 0 spiro atoms. The summed E-state index contributed by atoms with van der Waals surface area (Å²) in [5.74, 6) is 0. The predicted molar refractivity (Wildman–Crippen MR) is 98.6 cm³/mol. The van der Waals surface area contributed by atoms with E-state index in [4.69, 9.17) is 4.74 Å². The summed E-state index contributed by atoms with van der Waals surface area (Å²) in [6.07, 6.45) is 2.62. The standard InChI is InChI=1S/C19H31N3O3/c1-15-4-6-16(7-5-15)18(23)14-21-19(24)20-10-3-13-25-17-8-11-22(2)12-9-17/h4-7,17-18,23H,3,8-14H2,1-2H3,(H2,20,21,24)/t18-/m0/s1. The van der Waals surface area contributed by atoms with Crippen LogP contribution in [0.4, 0.5) is 4.79 Å². The van der Waals surface area contributed by atoms with Gasteiger partial charge in [-0.15, -0.1) is 0 Å². The Hall–Kier alpha value is -1.63. The molecule has 1 fully saturated rings. The van der Waals surface area contributed by atoms with Crippen LogP contribution in [0.1, 0.15) is 36.5 Å². The highest BCUT2D eigenvalue weighted by atomic mass is 16.5. The number of urea groups is 1. The van der Waals surface area contributed by atoms with Crippen molar-refractivity contribution in [2.45, 2.75) is 38.4 Å². The van der Waals surface area contributed by atoms with Gasteiger partial charge in [0.05, 0.1) is 12.2 Å². The zero-order valence-electron chi connectivity index (χ0n) is 15.3. The van der Waals surface area contributed by atoms with E-state index in [1.54, 1.807) is 0 Å². The summed E-state index contributed by atoms with van der Waals surface area (Å²) in [4.78, 5) is 14.1. The molecular formula is C19H31N3O3. The molecule has 1 heterocycles. The lowest BCUT2D eigenvalue weighted by Gasteiger charge is -2.28. The number of ether oxygens (including phenoxy) is 1. The number of aliphatic hydroxyl groups excluding tert-OH is 1. The first-order valence-corrected chi connectivity index (χ1v) is 9.11. The van der Waals surface area contributed by atoms with Crippen molar-refractivity contribution in [2.75, 3.05) is 39.8 Å². The van der Waals surface area contributed by atoms with Crippen molar-refractivity contribution >= 4 is 6.03 Å². The van der Waals surface area contributed by atoms with Gasteiger partial charge >= 0.3 is 6.03 Å². The molecule has 0 aromatic heterocycles. The molecule has 1 saturated heterocycles. The molecule has 1 aliphatic rings. The second-order valence-electron chi connectivity index (χ2n) is 6.79. The molecule has 0 aliphatic carbocycles. The smallest absolute Gasteiger partial charge is 0.314 e. The van der Waals surface area contributed by atoms with E-state index in [1.807, 2.05) is 31.2 Å². The quantitative estimate of drug-likeness (QED) is 0.626. The zero-order valence-corrected chi connectivity index (χ0v) is 15.3. The van der Waals surface area contributed by atoms with Crippen molar-refractivity contribution in [3.05, 3.63) is 35.4 Å². The molecule has 6 nitrogen and oxygen atoms in total. The Morgan fingerprint density at radius 1 is 1.28 bits per heavy atom. The molecule has 6 heteroatoms. The van der Waals surface area contributed by atoms with E-state index in [2.05, 4.69) is 22.6 Å². The lowest BCUT2D eigenvalue weighted by molar-refractivity contribution is 0.0118. The number of aryl methyl sites for hydroxylation is 1. The summed E-state index contributed by atoms with van der Waals surface area (Å²) in [5, 5.41) is 15.6. The van der Waals surface area contributed by atoms with Crippen LogP contribution in [0.15, 0.2) is 24.3 Å². The fraction of sp³-hybridized carbons (Fsp3) is 0.632. The Labute approximate surface area is 150 Å². The number of nitrogens with zero attached hydrogens (tertiary/aromatic N) is 1. The van der Waals surface area contributed by atoms with Gasteiger partial charge in [0.25, 0.3) is 0 Å². The zero-order chi connectivity index (χ0) is 18.1. The first-order chi connectivity index (χ1) is 12.0. The molecule has 1 aromatic carbocycles. The van der Waals surface area contributed by atoms with Crippen LogP contribution in [0.3, 0.4) is 0 Å². The third kappa shape index (κ3) is 7.42. The number of piperidine rings is 1. The predicted octanol–water partition coefficient (Wildman–Crippen LogP) is 1.83. The summed E-state index contributed by atoms with van der Waals surface area (Å²) in [5.41, 5.74) is 1.95. The van der Waals surface area contributed by atoms with E-state index in [-0.39, 0.29) is 12.6 Å². The van der Waals surface area contributed by atoms with Gasteiger partial charge < -0.3 is 25.4 Å². The molecule has 1 aromatic rings. The van der Waals surface area contributed by atoms with Crippen LogP contribution in [-0.2, 0) is 4.74 Å². The van der Waals surface area contributed by atoms with E-state index in [0.29, 0.717) is 19.3 Å². The van der Waals surface area contributed by atoms with Gasteiger partial charge in [0.15, 0.2) is 0 Å². The fourth-order valence-corrected chi connectivity index (χ4v) is 2.83. The van der Waals surface area contributed by atoms with E-state index in [9.17, 15) is 9.90 Å². The number of hydrogen-bond donors (Lipinski definition) is 3. The lowest BCUT2D eigenvalue weighted by atomic mass is 10.1. The largest absolute Gasteiger partial charge is 0.387 e. The number of hydrogen-bond acceptors (Lipinski definition) is 4. The Morgan fingerprint density at radius 3 is 2.64 bits per heavy atom. The van der Waals surface area contributed by atoms with Gasteiger partial charge in [-0.1, -0.05) is 29.8 Å². The molecule has 0 unspecified atom stereocenters. The SMILES string of the molecule is Cc1ccc([C@@H](O)CNC(=O)NCCCOC2CCN(C)CC2)cc1. The molecule has 0 saturated carbocycles. The highest BCUT2D eigenvalue weighted by molar-refractivity contribution is 5.73. The number of nitrogens with one attached hydrogen (secondary N) is 2. The summed E-state index contributed by atoms with van der Waals surface area (Å²) < 4.78 is 5.84. The van der Waals surface area contributed by atoms with E-state index in [1.165, 1.54) is 0 Å². The summed E-state index contributed by atoms with van der Waals surface area (Å²) in [7, 11) is 2.13. The second kappa shape index (κ2) is 10.4. The van der Waals surface area contributed by atoms with Crippen LogP contribution >= 0.6 is 0 Å². The number of aliphatic hydroxyl groups is 1. The Balaban J connectivity index is 1.51. The van der Waals surface area contributed by atoms with Crippen molar-refractivity contribution in [3.8, 4) is 0 Å². The number of rotatable bonds is 8. The maximum Gasteiger partial charge on any atom is 0.314 e. The summed E-state index contributed by atoms with van der Waals surface area (Å²) in [6, 6.07) is 7.39. The molecule has 0 radical (unpaired) electrons. The van der Waals surface area contributed by atoms with Gasteiger partial charge in [-0.3, -0.25) is 0 Å². The Kier molecular flexibility index (Phi) is 8.18. The minimum atomic E-state index is -0.695. The average Bonchev–Trinajstić information content (AvgIpc) is 2.61. The fourth-order valence-electron chi connectivity index (χ4n) is 2.83. The van der Waals surface area contributed by atoms with Crippen LogP contribution in [0, 0.1) is 6.92 Å². The van der Waals surface area contributed by atoms with Gasteiger partial charge in [0, 0.05) is 32.8 Å². The molecule has 2 rings (SSSR count). The van der Waals surface area contributed by atoms with Crippen molar-refractivity contribution in [1.29, 1.82) is 0 Å². The van der Waals surface area contributed by atoms with Crippen LogP contribution in [0.2, 0.25) is 0 Å². The van der Waals surface area contributed by atoms with Gasteiger partial charge in [0.1, 0.15) is 0 Å². The van der Waals surface area contributed by atoms with Crippen molar-refractivity contribution in [1.82, 2.24) is 15.5 Å². The number of benzene rings is 1. The van der Waals surface area contributed by atoms with Crippen LogP contribution < -0.4 is 10.6 Å². The van der Waals surface area contributed by atoms with E-state index in [0.717, 1.165) is 43.5 Å². The van der Waals surface area contributed by atoms with Gasteiger partial charge in [-0.25, -0.2) is 4.79 Å². The first-order valence-electron chi connectivity index (χ1n) is 9.11. The van der Waals surface area contributed by atoms with Crippen molar-refractivity contribution in [2.24, 2.45) is 0 Å². The molecule has 140 valence electrons. The maximum atomic E-state index is 11.8.